The lowest BCUT2D eigenvalue weighted by atomic mass is 9.82. The van der Waals surface area contributed by atoms with Crippen LogP contribution in [0.4, 0.5) is 5.69 Å². The van der Waals surface area contributed by atoms with E-state index in [9.17, 15) is 9.59 Å². The van der Waals surface area contributed by atoms with Crippen molar-refractivity contribution < 1.29 is 23.8 Å². The summed E-state index contributed by atoms with van der Waals surface area (Å²) in [6.07, 6.45) is 3.68. The molecule has 0 aromatic heterocycles. The Labute approximate surface area is 243 Å². The summed E-state index contributed by atoms with van der Waals surface area (Å²) in [7, 11) is 4.78. The molecule has 0 spiro atoms. The number of anilines is 1. The quantitative estimate of drug-likeness (QED) is 0.318. The zero-order valence-corrected chi connectivity index (χ0v) is 24.5. The molecule has 7 nitrogen and oxygen atoms in total. The Morgan fingerprint density at radius 3 is 2.33 bits per heavy atom. The number of piperidine rings is 1. The number of methoxy groups -OCH3 is 3. The van der Waals surface area contributed by atoms with Crippen LogP contribution < -0.4 is 19.1 Å². The van der Waals surface area contributed by atoms with Crippen molar-refractivity contribution in [1.29, 1.82) is 0 Å². The summed E-state index contributed by atoms with van der Waals surface area (Å²) in [6.45, 7) is 1.16. The summed E-state index contributed by atoms with van der Waals surface area (Å²) in [5.74, 6) is 1.45. The Bertz CT molecular complexity index is 1420. The van der Waals surface area contributed by atoms with Crippen LogP contribution in [0.5, 0.6) is 17.2 Å². The zero-order valence-electron chi connectivity index (χ0n) is 22.9. The minimum atomic E-state index is -0.502. The van der Waals surface area contributed by atoms with Crippen LogP contribution in [-0.2, 0) is 9.59 Å². The van der Waals surface area contributed by atoms with Gasteiger partial charge in [0.1, 0.15) is 5.75 Å². The number of hydrogen-bond acceptors (Lipinski definition) is 5. The van der Waals surface area contributed by atoms with E-state index in [0.717, 1.165) is 22.1 Å². The van der Waals surface area contributed by atoms with Gasteiger partial charge in [0.15, 0.2) is 11.5 Å². The molecule has 3 aromatic rings. The molecule has 2 amide bonds. The summed E-state index contributed by atoms with van der Waals surface area (Å²) < 4.78 is 17.4. The van der Waals surface area contributed by atoms with Gasteiger partial charge in [0, 0.05) is 29.7 Å². The molecule has 0 bridgehead atoms. The molecule has 0 radical (unpaired) electrons. The molecule has 0 aliphatic carbocycles. The third kappa shape index (κ3) is 5.59. The van der Waals surface area contributed by atoms with Crippen LogP contribution in [0.3, 0.4) is 0 Å². The molecular weight excluding hydrogens is 572 g/mol. The second-order valence-corrected chi connectivity index (χ2v) is 10.9. The third-order valence-electron chi connectivity index (χ3n) is 7.73. The average molecular weight is 606 g/mol. The Hall–Kier alpha value is -3.78. The molecule has 208 valence electrons. The first kappa shape index (κ1) is 27.8. The van der Waals surface area contributed by atoms with Gasteiger partial charge in [0.25, 0.3) is 0 Å². The lowest BCUT2D eigenvalue weighted by Gasteiger charge is -2.43. The Balaban J connectivity index is 1.50. The van der Waals surface area contributed by atoms with Crippen molar-refractivity contribution in [3.05, 3.63) is 88.4 Å². The van der Waals surface area contributed by atoms with Crippen LogP contribution in [0.25, 0.3) is 5.57 Å². The SMILES string of the molecule is COc1ccc(N2C(=O)CCC(C(=O)N3CC=C(c4cccc(Br)c4)CC3)C2c2ccc(OC)c(OC)c2)cc1. The van der Waals surface area contributed by atoms with Crippen molar-refractivity contribution in [2.75, 3.05) is 39.3 Å². The highest BCUT2D eigenvalue weighted by Gasteiger charge is 2.43. The van der Waals surface area contributed by atoms with E-state index in [1.165, 1.54) is 11.1 Å². The number of benzene rings is 3. The molecule has 2 unspecified atom stereocenters. The van der Waals surface area contributed by atoms with Gasteiger partial charge in [-0.1, -0.05) is 40.2 Å². The van der Waals surface area contributed by atoms with Crippen molar-refractivity contribution >= 4 is 39.0 Å². The van der Waals surface area contributed by atoms with Gasteiger partial charge in [-0.15, -0.1) is 0 Å². The van der Waals surface area contributed by atoms with Crippen molar-refractivity contribution in [3.63, 3.8) is 0 Å². The normalized spacial score (nSPS) is 19.2. The van der Waals surface area contributed by atoms with Crippen LogP contribution in [-0.4, -0.2) is 51.1 Å². The standard InChI is InChI=1S/C32H33BrN2O5/c1-38-26-10-8-25(9-11-26)35-30(36)14-12-27(31(35)23-7-13-28(39-2)29(20-23)40-3)32(37)34-17-15-21(16-18-34)22-5-4-6-24(33)19-22/h4-11,13,15,19-20,27,31H,12,14,16-18H2,1-3H3. The van der Waals surface area contributed by atoms with Gasteiger partial charge in [-0.05, 0) is 78.1 Å². The zero-order chi connectivity index (χ0) is 28.2. The fourth-order valence-electron chi connectivity index (χ4n) is 5.67. The van der Waals surface area contributed by atoms with Gasteiger partial charge in [-0.3, -0.25) is 9.59 Å². The maximum Gasteiger partial charge on any atom is 0.228 e. The Morgan fingerprint density at radius 1 is 0.900 bits per heavy atom. The van der Waals surface area contributed by atoms with E-state index >= 15 is 0 Å². The van der Waals surface area contributed by atoms with E-state index < -0.39 is 12.0 Å². The second kappa shape index (κ2) is 12.2. The van der Waals surface area contributed by atoms with Crippen LogP contribution in [0.2, 0.25) is 0 Å². The number of carbonyl (C=O) groups is 2. The molecule has 1 fully saturated rings. The molecule has 8 heteroatoms. The minimum absolute atomic E-state index is 0.0236. The summed E-state index contributed by atoms with van der Waals surface area (Å²) in [5.41, 5.74) is 3.94. The van der Waals surface area contributed by atoms with Crippen molar-refractivity contribution in [2.45, 2.75) is 25.3 Å². The first-order chi connectivity index (χ1) is 19.4. The summed E-state index contributed by atoms with van der Waals surface area (Å²) in [4.78, 5) is 31.3. The number of halogens is 1. The van der Waals surface area contributed by atoms with E-state index in [0.29, 0.717) is 43.2 Å². The highest BCUT2D eigenvalue weighted by Crippen LogP contribution is 2.43. The predicted molar refractivity (Wildman–Crippen MR) is 159 cm³/mol. The van der Waals surface area contributed by atoms with Gasteiger partial charge in [0.2, 0.25) is 11.8 Å². The van der Waals surface area contributed by atoms with Crippen LogP contribution in [0, 0.1) is 5.92 Å². The van der Waals surface area contributed by atoms with Crippen molar-refractivity contribution in [1.82, 2.24) is 4.90 Å². The fraction of sp³-hybridized carbons (Fsp3) is 0.312. The largest absolute Gasteiger partial charge is 0.497 e. The van der Waals surface area contributed by atoms with Crippen molar-refractivity contribution in [2.24, 2.45) is 5.92 Å². The highest BCUT2D eigenvalue weighted by atomic mass is 79.9. The first-order valence-corrected chi connectivity index (χ1v) is 14.1. The van der Waals surface area contributed by atoms with Gasteiger partial charge >= 0.3 is 0 Å². The minimum Gasteiger partial charge on any atom is -0.497 e. The maximum atomic E-state index is 14.2. The van der Waals surface area contributed by atoms with E-state index in [4.69, 9.17) is 14.2 Å². The molecule has 0 saturated carbocycles. The first-order valence-electron chi connectivity index (χ1n) is 13.3. The van der Waals surface area contributed by atoms with Gasteiger partial charge in [-0.2, -0.15) is 0 Å². The predicted octanol–water partition coefficient (Wildman–Crippen LogP) is 6.28. The topological polar surface area (TPSA) is 68.3 Å². The number of nitrogens with zero attached hydrogens (tertiary/aromatic N) is 2. The molecule has 5 rings (SSSR count). The average Bonchev–Trinajstić information content (AvgIpc) is 3.00. The second-order valence-electron chi connectivity index (χ2n) is 9.94. The molecule has 2 heterocycles. The number of carbonyl (C=O) groups excluding carboxylic acids is 2. The van der Waals surface area contributed by atoms with E-state index in [1.807, 2.05) is 59.5 Å². The molecule has 0 N–H and O–H groups in total. The van der Waals surface area contributed by atoms with E-state index in [1.54, 1.807) is 26.2 Å². The molecule has 3 aromatic carbocycles. The van der Waals surface area contributed by atoms with Gasteiger partial charge in [-0.25, -0.2) is 0 Å². The number of hydrogen-bond donors (Lipinski definition) is 0. The molecule has 2 atom stereocenters. The highest BCUT2D eigenvalue weighted by molar-refractivity contribution is 9.10. The monoisotopic (exact) mass is 604 g/mol. The van der Waals surface area contributed by atoms with E-state index in [2.05, 4.69) is 34.1 Å². The fourth-order valence-corrected chi connectivity index (χ4v) is 6.07. The molecule has 2 aliphatic rings. The van der Waals surface area contributed by atoms with Gasteiger partial charge in [0.05, 0.1) is 33.3 Å². The molecule has 2 aliphatic heterocycles. The van der Waals surface area contributed by atoms with Crippen LogP contribution >= 0.6 is 15.9 Å². The summed E-state index contributed by atoms with van der Waals surface area (Å²) in [6, 6.07) is 20.8. The number of amides is 2. The smallest absolute Gasteiger partial charge is 0.228 e. The Kier molecular flexibility index (Phi) is 8.45. The van der Waals surface area contributed by atoms with Crippen LogP contribution in [0.1, 0.15) is 36.4 Å². The number of rotatable bonds is 7. The van der Waals surface area contributed by atoms with Crippen molar-refractivity contribution in [3.8, 4) is 17.2 Å². The Morgan fingerprint density at radius 2 is 1.68 bits per heavy atom. The number of ether oxygens (including phenoxy) is 3. The summed E-state index contributed by atoms with van der Waals surface area (Å²) >= 11 is 3.55. The maximum absolute atomic E-state index is 14.2. The van der Waals surface area contributed by atoms with E-state index in [-0.39, 0.29) is 11.8 Å². The molecule has 40 heavy (non-hydrogen) atoms. The van der Waals surface area contributed by atoms with Crippen LogP contribution in [0.15, 0.2) is 77.3 Å². The third-order valence-corrected chi connectivity index (χ3v) is 8.22. The molecule has 1 saturated heterocycles. The molecular formula is C32H33BrN2O5. The lowest BCUT2D eigenvalue weighted by Crippen LogP contribution is -2.50. The van der Waals surface area contributed by atoms with Gasteiger partial charge < -0.3 is 24.0 Å². The lowest BCUT2D eigenvalue weighted by molar-refractivity contribution is -0.138. The summed E-state index contributed by atoms with van der Waals surface area (Å²) in [5, 5.41) is 0.